The fourth-order valence-corrected chi connectivity index (χ4v) is 0.642. The second-order valence-electron chi connectivity index (χ2n) is 2.56. The lowest BCUT2D eigenvalue weighted by molar-refractivity contribution is -0.107. The third-order valence-electron chi connectivity index (χ3n) is 1.67. The first kappa shape index (κ1) is 9.15. The third kappa shape index (κ3) is 2.62. The normalized spacial score (nSPS) is 12.3. The molecule has 0 saturated carbocycles. The first-order chi connectivity index (χ1) is 4.59. The zero-order valence-electron chi connectivity index (χ0n) is 6.90. The van der Waals surface area contributed by atoms with Crippen molar-refractivity contribution >= 4 is 6.29 Å². The van der Waals surface area contributed by atoms with Gasteiger partial charge in [0, 0.05) is 6.42 Å². The Morgan fingerprint density at radius 2 is 1.90 bits per heavy atom. The summed E-state index contributed by atoms with van der Waals surface area (Å²) in [6, 6.07) is 0. The molecule has 0 unspecified atom stereocenters. The molecule has 0 aliphatic heterocycles. The smallest absolute Gasteiger partial charge is 0.124 e. The molecule has 0 spiro atoms. The van der Waals surface area contributed by atoms with Gasteiger partial charge < -0.3 is 4.79 Å². The monoisotopic (exact) mass is 138 g/mol. The predicted octanol–water partition coefficient (Wildman–Crippen LogP) is 2.49. The largest absolute Gasteiger partial charge is 0.303 e. The number of carbonyl (C=O) groups is 1. The minimum Gasteiger partial charge on any atom is -0.303 e. The molecule has 0 aromatic rings. The van der Waals surface area contributed by atoms with Crippen molar-refractivity contribution in [1.29, 1.82) is 0 Å². The van der Waals surface area contributed by atoms with Crippen LogP contribution in [0.25, 0.3) is 0 Å². The molecule has 0 rings (SSSR count). The minimum absolute atomic E-state index is 0.526. The number of aldehydes is 1. The van der Waals surface area contributed by atoms with Gasteiger partial charge >= 0.3 is 0 Å². The molecule has 0 heterocycles. The van der Waals surface area contributed by atoms with E-state index in [0.29, 0.717) is 6.42 Å². The molecule has 0 bridgehead atoms. The van der Waals surface area contributed by atoms with Crippen molar-refractivity contribution < 1.29 is 4.79 Å². The summed E-state index contributed by atoms with van der Waals surface area (Å²) in [6.07, 6.45) is 1.44. The fourth-order valence-electron chi connectivity index (χ4n) is 0.642. The highest BCUT2D eigenvalue weighted by atomic mass is 16.1. The van der Waals surface area contributed by atoms with Gasteiger partial charge in [-0.3, -0.25) is 0 Å². The van der Waals surface area contributed by atoms with Gasteiger partial charge in [0.1, 0.15) is 6.29 Å². The van der Waals surface area contributed by atoms with Crippen LogP contribution in [0.15, 0.2) is 23.3 Å². The Labute approximate surface area is 62.4 Å². The molecule has 0 radical (unpaired) electrons. The van der Waals surface area contributed by atoms with Crippen molar-refractivity contribution in [3.8, 4) is 0 Å². The zero-order chi connectivity index (χ0) is 8.15. The Balaban J connectivity index is 4.33. The molecular weight excluding hydrogens is 124 g/mol. The topological polar surface area (TPSA) is 17.1 Å². The van der Waals surface area contributed by atoms with E-state index < -0.39 is 0 Å². The summed E-state index contributed by atoms with van der Waals surface area (Å²) in [7, 11) is 0. The highest BCUT2D eigenvalue weighted by molar-refractivity contribution is 5.55. The van der Waals surface area contributed by atoms with Gasteiger partial charge in [-0.05, 0) is 26.3 Å². The van der Waals surface area contributed by atoms with E-state index in [1.807, 2.05) is 20.8 Å². The van der Waals surface area contributed by atoms with Crippen molar-refractivity contribution in [3.05, 3.63) is 23.3 Å². The molecule has 0 aromatic heterocycles. The van der Waals surface area contributed by atoms with Crippen molar-refractivity contribution in [2.45, 2.75) is 27.2 Å². The van der Waals surface area contributed by atoms with Gasteiger partial charge in [-0.25, -0.2) is 0 Å². The van der Waals surface area contributed by atoms with Crippen LogP contribution in [0.3, 0.4) is 0 Å². The van der Waals surface area contributed by atoms with E-state index in [0.717, 1.165) is 23.0 Å². The van der Waals surface area contributed by atoms with Gasteiger partial charge in [-0.2, -0.15) is 0 Å². The number of rotatable bonds is 3. The van der Waals surface area contributed by atoms with Crippen LogP contribution >= 0.6 is 0 Å². The second kappa shape index (κ2) is 4.04. The molecule has 10 heavy (non-hydrogen) atoms. The van der Waals surface area contributed by atoms with E-state index in [2.05, 4.69) is 6.58 Å². The van der Waals surface area contributed by atoms with Gasteiger partial charge in [0.05, 0.1) is 0 Å². The summed E-state index contributed by atoms with van der Waals surface area (Å²) in [4.78, 5) is 10.1. The summed E-state index contributed by atoms with van der Waals surface area (Å²) < 4.78 is 0. The second-order valence-corrected chi connectivity index (χ2v) is 2.56. The van der Waals surface area contributed by atoms with E-state index in [1.54, 1.807) is 0 Å². The summed E-state index contributed by atoms with van der Waals surface area (Å²) >= 11 is 0. The summed E-state index contributed by atoms with van der Waals surface area (Å²) in [5.74, 6) is 0. The maximum atomic E-state index is 10.1. The molecule has 0 amide bonds. The minimum atomic E-state index is 0.526. The van der Waals surface area contributed by atoms with Gasteiger partial charge in [0.25, 0.3) is 0 Å². The molecule has 1 heteroatoms. The van der Waals surface area contributed by atoms with Crippen LogP contribution in [0.1, 0.15) is 27.2 Å². The molecule has 0 aliphatic carbocycles. The van der Waals surface area contributed by atoms with Crippen LogP contribution in [0.2, 0.25) is 0 Å². The fraction of sp³-hybridized carbons (Fsp3) is 0.444. The number of hydrogen-bond donors (Lipinski definition) is 0. The Morgan fingerprint density at radius 3 is 2.20 bits per heavy atom. The van der Waals surface area contributed by atoms with E-state index in [-0.39, 0.29) is 0 Å². The van der Waals surface area contributed by atoms with Crippen molar-refractivity contribution in [3.63, 3.8) is 0 Å². The maximum Gasteiger partial charge on any atom is 0.124 e. The van der Waals surface area contributed by atoms with Gasteiger partial charge in [0.2, 0.25) is 0 Å². The molecule has 0 aromatic carbocycles. The molecule has 0 fully saturated rings. The Kier molecular flexibility index (Phi) is 3.70. The molecule has 0 atom stereocenters. The molecule has 1 nitrogen and oxygen atoms in total. The number of hydrogen-bond acceptors (Lipinski definition) is 1. The van der Waals surface area contributed by atoms with E-state index in [4.69, 9.17) is 0 Å². The van der Waals surface area contributed by atoms with E-state index in [1.165, 1.54) is 0 Å². The Hall–Kier alpha value is -0.850. The van der Waals surface area contributed by atoms with E-state index in [9.17, 15) is 4.79 Å². The average Bonchev–Trinajstić information content (AvgIpc) is 1.87. The molecule has 56 valence electrons. The highest BCUT2D eigenvalue weighted by Gasteiger charge is 1.95. The van der Waals surface area contributed by atoms with Crippen molar-refractivity contribution in [2.24, 2.45) is 0 Å². The zero-order valence-corrected chi connectivity index (χ0v) is 6.90. The van der Waals surface area contributed by atoms with Crippen LogP contribution in [0, 0.1) is 0 Å². The molecule has 0 aliphatic rings. The van der Waals surface area contributed by atoms with Gasteiger partial charge in [0.15, 0.2) is 0 Å². The van der Waals surface area contributed by atoms with Crippen LogP contribution in [0.5, 0.6) is 0 Å². The van der Waals surface area contributed by atoms with E-state index >= 15 is 0 Å². The third-order valence-corrected chi connectivity index (χ3v) is 1.67. The lowest BCUT2D eigenvalue weighted by Crippen LogP contribution is -1.86. The van der Waals surface area contributed by atoms with Gasteiger partial charge in [-0.15, -0.1) is 0 Å². The summed E-state index contributed by atoms with van der Waals surface area (Å²) in [5.41, 5.74) is 3.30. The predicted molar refractivity (Wildman–Crippen MR) is 43.9 cm³/mol. The van der Waals surface area contributed by atoms with Crippen LogP contribution < -0.4 is 0 Å². The standard InChI is InChI=1S/C9H14O/c1-7(2)9(4)8(3)5-6-10/h6H,1,5H2,2-4H3. The Bertz CT molecular complexity index is 175. The lowest BCUT2D eigenvalue weighted by Gasteiger charge is -2.02. The quantitative estimate of drug-likeness (QED) is 0.432. The Morgan fingerprint density at radius 1 is 1.40 bits per heavy atom. The van der Waals surface area contributed by atoms with Crippen LogP contribution in [-0.2, 0) is 4.79 Å². The first-order valence-corrected chi connectivity index (χ1v) is 3.35. The van der Waals surface area contributed by atoms with Crippen LogP contribution in [-0.4, -0.2) is 6.29 Å². The maximum absolute atomic E-state index is 10.1. The first-order valence-electron chi connectivity index (χ1n) is 3.35. The number of allylic oxidation sites excluding steroid dienone is 3. The molecular formula is C9H14O. The van der Waals surface area contributed by atoms with Crippen LogP contribution in [0.4, 0.5) is 0 Å². The highest BCUT2D eigenvalue weighted by Crippen LogP contribution is 2.12. The van der Waals surface area contributed by atoms with Gasteiger partial charge in [-0.1, -0.05) is 17.7 Å². The molecule has 0 saturated heterocycles. The summed E-state index contributed by atoms with van der Waals surface area (Å²) in [6.45, 7) is 9.68. The average molecular weight is 138 g/mol. The number of carbonyl (C=O) groups excluding carboxylic acids is 1. The van der Waals surface area contributed by atoms with Crippen molar-refractivity contribution in [2.75, 3.05) is 0 Å². The van der Waals surface area contributed by atoms with Crippen molar-refractivity contribution in [1.82, 2.24) is 0 Å². The SMILES string of the molecule is C=C(C)C(C)=C(C)CC=O. The lowest BCUT2D eigenvalue weighted by atomic mass is 10.0. The molecule has 0 N–H and O–H groups in total. The summed E-state index contributed by atoms with van der Waals surface area (Å²) in [5, 5.41) is 0.